The van der Waals surface area contributed by atoms with E-state index in [9.17, 15) is 0 Å². The topological polar surface area (TPSA) is 26.0 Å². The van der Waals surface area contributed by atoms with E-state index in [1.807, 2.05) is 0 Å². The van der Waals surface area contributed by atoms with Crippen LogP contribution in [0.2, 0.25) is 0 Å². The van der Waals surface area contributed by atoms with Gasteiger partial charge in [-0.3, -0.25) is 0 Å². The Hall–Kier alpha value is -0.0400. The number of hydrogen-bond donors (Lipinski definition) is 1. The minimum Gasteiger partial charge on any atom is -0.325 e. The SMILES string of the molecule is C[C@@H]1CC[C@@](C)(N)[C@H](C)C1. The van der Waals surface area contributed by atoms with Gasteiger partial charge in [-0.15, -0.1) is 0 Å². The highest BCUT2D eigenvalue weighted by atomic mass is 14.7. The normalized spacial score (nSPS) is 49.2. The molecule has 60 valence electrons. The largest absolute Gasteiger partial charge is 0.325 e. The number of nitrogens with two attached hydrogens (primary N) is 1. The fourth-order valence-corrected chi connectivity index (χ4v) is 1.79. The Bertz CT molecular complexity index is 118. The van der Waals surface area contributed by atoms with Gasteiger partial charge in [0.25, 0.3) is 0 Å². The Morgan fingerprint density at radius 2 is 2.00 bits per heavy atom. The molecule has 0 saturated heterocycles. The highest BCUT2D eigenvalue weighted by molar-refractivity contribution is 4.89. The Balaban J connectivity index is 2.52. The van der Waals surface area contributed by atoms with E-state index in [0.29, 0.717) is 5.92 Å². The predicted octanol–water partition coefficient (Wildman–Crippen LogP) is 2.16. The third kappa shape index (κ3) is 1.51. The van der Waals surface area contributed by atoms with Gasteiger partial charge in [-0.05, 0) is 38.0 Å². The molecule has 1 saturated carbocycles. The van der Waals surface area contributed by atoms with Crippen LogP contribution in [0, 0.1) is 11.8 Å². The molecule has 0 radical (unpaired) electrons. The molecule has 1 fully saturated rings. The van der Waals surface area contributed by atoms with Crippen molar-refractivity contribution in [1.82, 2.24) is 0 Å². The molecule has 1 heteroatoms. The molecule has 0 aromatic carbocycles. The molecule has 3 atom stereocenters. The summed E-state index contributed by atoms with van der Waals surface area (Å²) in [4.78, 5) is 0. The van der Waals surface area contributed by atoms with Gasteiger partial charge in [0, 0.05) is 5.54 Å². The molecule has 0 unspecified atom stereocenters. The fraction of sp³-hybridized carbons (Fsp3) is 1.00. The second-order valence-corrected chi connectivity index (χ2v) is 4.29. The molecule has 2 N–H and O–H groups in total. The summed E-state index contributed by atoms with van der Waals surface area (Å²) in [6.07, 6.45) is 3.83. The van der Waals surface area contributed by atoms with Gasteiger partial charge in [0.1, 0.15) is 0 Å². The predicted molar refractivity (Wildman–Crippen MR) is 44.8 cm³/mol. The average molecular weight is 141 g/mol. The molecular weight excluding hydrogens is 122 g/mol. The molecule has 1 aliphatic carbocycles. The summed E-state index contributed by atoms with van der Waals surface area (Å²) in [5, 5.41) is 0. The van der Waals surface area contributed by atoms with Gasteiger partial charge in [0.15, 0.2) is 0 Å². The molecule has 0 aromatic heterocycles. The summed E-state index contributed by atoms with van der Waals surface area (Å²) in [5.74, 6) is 1.60. The van der Waals surface area contributed by atoms with Gasteiger partial charge in [0.05, 0.1) is 0 Å². The molecule has 0 heterocycles. The zero-order valence-corrected chi connectivity index (χ0v) is 7.35. The lowest BCUT2D eigenvalue weighted by Gasteiger charge is -2.39. The van der Waals surface area contributed by atoms with E-state index in [-0.39, 0.29) is 5.54 Å². The first-order valence-electron chi connectivity index (χ1n) is 4.31. The lowest BCUT2D eigenvalue weighted by atomic mass is 9.72. The van der Waals surface area contributed by atoms with Crippen molar-refractivity contribution < 1.29 is 0 Å². The second kappa shape index (κ2) is 2.54. The molecule has 1 rings (SSSR count). The standard InChI is InChI=1S/C9H19N/c1-7-4-5-9(3,10)8(2)6-7/h7-8H,4-6,10H2,1-3H3/t7-,8-,9-/m1/s1. The summed E-state index contributed by atoms with van der Waals surface area (Å²) < 4.78 is 0. The smallest absolute Gasteiger partial charge is 0.0151 e. The lowest BCUT2D eigenvalue weighted by molar-refractivity contribution is 0.181. The molecule has 0 bridgehead atoms. The van der Waals surface area contributed by atoms with Crippen molar-refractivity contribution in [1.29, 1.82) is 0 Å². The minimum absolute atomic E-state index is 0.118. The zero-order chi connectivity index (χ0) is 7.78. The van der Waals surface area contributed by atoms with Crippen LogP contribution in [0.25, 0.3) is 0 Å². The summed E-state index contributed by atoms with van der Waals surface area (Å²) in [6.45, 7) is 6.78. The first-order valence-corrected chi connectivity index (χ1v) is 4.31. The van der Waals surface area contributed by atoms with E-state index in [2.05, 4.69) is 20.8 Å². The van der Waals surface area contributed by atoms with Crippen molar-refractivity contribution in [3.05, 3.63) is 0 Å². The van der Waals surface area contributed by atoms with Gasteiger partial charge in [-0.25, -0.2) is 0 Å². The van der Waals surface area contributed by atoms with Gasteiger partial charge < -0.3 is 5.73 Å². The molecule has 1 nitrogen and oxygen atoms in total. The van der Waals surface area contributed by atoms with Crippen LogP contribution in [0.15, 0.2) is 0 Å². The molecular formula is C9H19N. The maximum absolute atomic E-state index is 6.08. The van der Waals surface area contributed by atoms with E-state index in [1.165, 1.54) is 19.3 Å². The summed E-state index contributed by atoms with van der Waals surface area (Å²) in [6, 6.07) is 0. The van der Waals surface area contributed by atoms with Crippen LogP contribution >= 0.6 is 0 Å². The van der Waals surface area contributed by atoms with Gasteiger partial charge in [0.2, 0.25) is 0 Å². The van der Waals surface area contributed by atoms with Crippen LogP contribution in [0.5, 0.6) is 0 Å². The lowest BCUT2D eigenvalue weighted by Crippen LogP contribution is -2.46. The van der Waals surface area contributed by atoms with Gasteiger partial charge in [-0.1, -0.05) is 13.8 Å². The van der Waals surface area contributed by atoms with Gasteiger partial charge >= 0.3 is 0 Å². The van der Waals surface area contributed by atoms with Crippen molar-refractivity contribution in [3.63, 3.8) is 0 Å². The van der Waals surface area contributed by atoms with Crippen molar-refractivity contribution in [3.8, 4) is 0 Å². The van der Waals surface area contributed by atoms with Crippen molar-refractivity contribution in [2.24, 2.45) is 17.6 Å². The molecule has 10 heavy (non-hydrogen) atoms. The zero-order valence-electron chi connectivity index (χ0n) is 7.35. The Morgan fingerprint density at radius 1 is 1.40 bits per heavy atom. The van der Waals surface area contributed by atoms with Crippen LogP contribution in [0.3, 0.4) is 0 Å². The fourth-order valence-electron chi connectivity index (χ4n) is 1.79. The number of rotatable bonds is 0. The second-order valence-electron chi connectivity index (χ2n) is 4.29. The Morgan fingerprint density at radius 3 is 2.40 bits per heavy atom. The molecule has 0 amide bonds. The van der Waals surface area contributed by atoms with E-state index in [4.69, 9.17) is 5.73 Å². The maximum Gasteiger partial charge on any atom is 0.0151 e. The monoisotopic (exact) mass is 141 g/mol. The van der Waals surface area contributed by atoms with Crippen LogP contribution in [0.1, 0.15) is 40.0 Å². The van der Waals surface area contributed by atoms with Crippen molar-refractivity contribution >= 4 is 0 Å². The molecule has 0 aliphatic heterocycles. The van der Waals surface area contributed by atoms with Crippen LogP contribution in [-0.2, 0) is 0 Å². The van der Waals surface area contributed by atoms with E-state index in [1.54, 1.807) is 0 Å². The molecule has 0 aromatic rings. The Kier molecular flexibility index (Phi) is 2.04. The van der Waals surface area contributed by atoms with E-state index in [0.717, 1.165) is 5.92 Å². The highest BCUT2D eigenvalue weighted by Gasteiger charge is 2.31. The third-order valence-corrected chi connectivity index (χ3v) is 3.06. The quantitative estimate of drug-likeness (QED) is 0.549. The van der Waals surface area contributed by atoms with Crippen molar-refractivity contribution in [2.75, 3.05) is 0 Å². The average Bonchev–Trinajstić information content (AvgIpc) is 1.81. The minimum atomic E-state index is 0.118. The third-order valence-electron chi connectivity index (χ3n) is 3.06. The van der Waals surface area contributed by atoms with Gasteiger partial charge in [-0.2, -0.15) is 0 Å². The Labute approximate surface area is 64.0 Å². The van der Waals surface area contributed by atoms with Crippen LogP contribution in [0.4, 0.5) is 0 Å². The first kappa shape index (κ1) is 8.06. The number of hydrogen-bond acceptors (Lipinski definition) is 1. The first-order chi connectivity index (χ1) is 4.52. The van der Waals surface area contributed by atoms with Crippen LogP contribution in [-0.4, -0.2) is 5.54 Å². The maximum atomic E-state index is 6.08. The highest BCUT2D eigenvalue weighted by Crippen LogP contribution is 2.34. The summed E-state index contributed by atoms with van der Waals surface area (Å²) >= 11 is 0. The molecule has 0 spiro atoms. The van der Waals surface area contributed by atoms with E-state index >= 15 is 0 Å². The summed E-state index contributed by atoms with van der Waals surface area (Å²) in [5.41, 5.74) is 6.20. The van der Waals surface area contributed by atoms with E-state index < -0.39 is 0 Å². The summed E-state index contributed by atoms with van der Waals surface area (Å²) in [7, 11) is 0. The molecule has 1 aliphatic rings. The van der Waals surface area contributed by atoms with Crippen LogP contribution < -0.4 is 5.73 Å². The van der Waals surface area contributed by atoms with Crippen molar-refractivity contribution in [2.45, 2.75) is 45.6 Å².